The van der Waals surface area contributed by atoms with Crippen LogP contribution in [0.15, 0.2) is 21.0 Å². The monoisotopic (exact) mass is 304 g/mol. The molecule has 0 aliphatic carbocycles. The maximum Gasteiger partial charge on any atom is 0.331 e. The second-order valence-corrected chi connectivity index (χ2v) is 5.48. The van der Waals surface area contributed by atoms with Gasteiger partial charge in [0.1, 0.15) is 0 Å². The van der Waals surface area contributed by atoms with Crippen LogP contribution in [0, 0.1) is 0 Å². The van der Waals surface area contributed by atoms with E-state index >= 15 is 0 Å². The number of hydroxylamine groups is 1. The molecule has 0 saturated carbocycles. The first-order chi connectivity index (χ1) is 7.58. The molecule has 0 spiro atoms. The quantitative estimate of drug-likeness (QED) is 0.893. The normalized spacial score (nSPS) is 15.9. The van der Waals surface area contributed by atoms with E-state index in [0.29, 0.717) is 5.84 Å². The number of hydrogen-bond donors (Lipinski definition) is 1. The number of nitrogens with one attached hydrogen (secondary N) is 1. The summed E-state index contributed by atoms with van der Waals surface area (Å²) >= 11 is 4.87. The lowest BCUT2D eigenvalue weighted by Crippen LogP contribution is -2.43. The van der Waals surface area contributed by atoms with E-state index in [1.807, 2.05) is 12.1 Å². The second kappa shape index (κ2) is 4.40. The molecule has 16 heavy (non-hydrogen) atoms. The van der Waals surface area contributed by atoms with Gasteiger partial charge >= 0.3 is 5.97 Å². The van der Waals surface area contributed by atoms with Crippen molar-refractivity contribution in [3.63, 3.8) is 0 Å². The molecule has 1 aromatic heterocycles. The summed E-state index contributed by atoms with van der Waals surface area (Å²) in [5.41, 5.74) is 2.69. The topological polar surface area (TPSA) is 57.2 Å². The third-order valence-electron chi connectivity index (χ3n) is 1.76. The van der Waals surface area contributed by atoms with Gasteiger partial charge in [0, 0.05) is 14.0 Å². The average molecular weight is 305 g/mol. The van der Waals surface area contributed by atoms with Crippen molar-refractivity contribution in [3.8, 4) is 0 Å². The minimum Gasteiger partial charge on any atom is -0.322 e. The van der Waals surface area contributed by atoms with Gasteiger partial charge in [0.25, 0.3) is 0 Å². The summed E-state index contributed by atoms with van der Waals surface area (Å²) in [4.78, 5) is 16.9. The smallest absolute Gasteiger partial charge is 0.322 e. The lowest BCUT2D eigenvalue weighted by molar-refractivity contribution is -0.222. The zero-order valence-corrected chi connectivity index (χ0v) is 11.0. The van der Waals surface area contributed by atoms with Crippen LogP contribution in [-0.2, 0) is 9.63 Å². The predicted octanol–water partition coefficient (Wildman–Crippen LogP) is 1.32. The first-order valence-electron chi connectivity index (χ1n) is 4.39. The number of hydrazone groups is 1. The van der Waals surface area contributed by atoms with Gasteiger partial charge in [-0.15, -0.1) is 16.4 Å². The van der Waals surface area contributed by atoms with Crippen molar-refractivity contribution in [1.29, 1.82) is 0 Å². The molecular formula is C8H9BrN4O2S. The van der Waals surface area contributed by atoms with E-state index in [-0.39, 0.29) is 0 Å². The van der Waals surface area contributed by atoms with E-state index in [9.17, 15) is 4.79 Å². The Morgan fingerprint density at radius 1 is 1.62 bits per heavy atom. The number of nitrogens with zero attached hydrogens (tertiary/aromatic N) is 3. The summed E-state index contributed by atoms with van der Waals surface area (Å²) in [7, 11) is 1.70. The Bertz CT molecular complexity index is 447. The Hall–Kier alpha value is -1.12. The SMILES string of the molecule is CC(=O)ON1C(c2ccc(Br)s2)=NNN1C. The van der Waals surface area contributed by atoms with Crippen molar-refractivity contribution in [2.24, 2.45) is 5.10 Å². The molecule has 6 nitrogen and oxygen atoms in total. The van der Waals surface area contributed by atoms with Crippen LogP contribution in [0.3, 0.4) is 0 Å². The highest BCUT2D eigenvalue weighted by Gasteiger charge is 2.28. The van der Waals surface area contributed by atoms with Crippen LogP contribution in [-0.4, -0.2) is 29.1 Å². The van der Waals surface area contributed by atoms with Crippen LogP contribution in [0.25, 0.3) is 0 Å². The molecule has 1 aromatic rings. The Kier molecular flexibility index (Phi) is 3.13. The minimum atomic E-state index is -0.404. The molecule has 1 aliphatic heterocycles. The predicted molar refractivity (Wildman–Crippen MR) is 63.1 cm³/mol. The van der Waals surface area contributed by atoms with Crippen LogP contribution < -0.4 is 5.53 Å². The van der Waals surface area contributed by atoms with Gasteiger partial charge in [0.15, 0.2) is 0 Å². The van der Waals surface area contributed by atoms with E-state index < -0.39 is 5.97 Å². The van der Waals surface area contributed by atoms with Gasteiger partial charge in [0.2, 0.25) is 5.84 Å². The number of amidine groups is 1. The third-order valence-corrected chi connectivity index (χ3v) is 3.38. The molecule has 0 bridgehead atoms. The van der Waals surface area contributed by atoms with Crippen LogP contribution in [0.1, 0.15) is 11.8 Å². The van der Waals surface area contributed by atoms with Gasteiger partial charge in [-0.2, -0.15) is 0 Å². The largest absolute Gasteiger partial charge is 0.331 e. The standard InChI is InChI=1S/C8H9BrN4O2S/c1-5(14)15-13-8(10-11-12(13)2)6-3-4-7(9)16-6/h3-4,11H,1-2H3. The van der Waals surface area contributed by atoms with Crippen molar-refractivity contribution < 1.29 is 9.63 Å². The summed E-state index contributed by atoms with van der Waals surface area (Å²) in [6.07, 6.45) is 0. The summed E-state index contributed by atoms with van der Waals surface area (Å²) < 4.78 is 0.988. The molecular weight excluding hydrogens is 296 g/mol. The lowest BCUT2D eigenvalue weighted by Gasteiger charge is -2.22. The number of carbonyl (C=O) groups excluding carboxylic acids is 1. The van der Waals surface area contributed by atoms with Crippen molar-refractivity contribution in [1.82, 2.24) is 15.8 Å². The van der Waals surface area contributed by atoms with E-state index in [0.717, 1.165) is 8.66 Å². The zero-order chi connectivity index (χ0) is 11.7. The van der Waals surface area contributed by atoms with Gasteiger partial charge in [-0.1, -0.05) is 10.3 Å². The fourth-order valence-electron chi connectivity index (χ4n) is 1.16. The number of thiophene rings is 1. The lowest BCUT2D eigenvalue weighted by atomic mass is 10.4. The van der Waals surface area contributed by atoms with Gasteiger partial charge < -0.3 is 4.84 Å². The molecule has 86 valence electrons. The minimum absolute atomic E-state index is 0.404. The summed E-state index contributed by atoms with van der Waals surface area (Å²) in [5, 5.41) is 6.85. The molecule has 2 rings (SSSR count). The van der Waals surface area contributed by atoms with Gasteiger partial charge in [-0.05, 0) is 28.1 Å². The van der Waals surface area contributed by atoms with Crippen molar-refractivity contribution in [2.75, 3.05) is 7.05 Å². The first-order valence-corrected chi connectivity index (χ1v) is 6.00. The number of carbonyl (C=O) groups is 1. The second-order valence-electron chi connectivity index (χ2n) is 3.02. The molecule has 1 N–H and O–H groups in total. The maximum absolute atomic E-state index is 10.9. The highest BCUT2D eigenvalue weighted by atomic mass is 79.9. The van der Waals surface area contributed by atoms with Crippen molar-refractivity contribution >= 4 is 39.1 Å². The van der Waals surface area contributed by atoms with E-state index in [4.69, 9.17) is 4.84 Å². The number of halogens is 1. The molecule has 0 atom stereocenters. The molecule has 0 saturated heterocycles. The molecule has 0 fully saturated rings. The zero-order valence-electron chi connectivity index (χ0n) is 8.60. The van der Waals surface area contributed by atoms with Crippen LogP contribution in [0.4, 0.5) is 0 Å². The number of hydrazine groups is 2. The van der Waals surface area contributed by atoms with Gasteiger partial charge in [-0.25, -0.2) is 10.3 Å². The summed E-state index contributed by atoms with van der Waals surface area (Å²) in [6, 6.07) is 3.80. The van der Waals surface area contributed by atoms with Crippen LogP contribution >= 0.6 is 27.3 Å². The summed E-state index contributed by atoms with van der Waals surface area (Å²) in [5.74, 6) is 0.146. The van der Waals surface area contributed by atoms with E-state index in [1.54, 1.807) is 7.05 Å². The fourth-order valence-corrected chi connectivity index (χ4v) is 2.51. The van der Waals surface area contributed by atoms with Crippen LogP contribution in [0.2, 0.25) is 0 Å². The Balaban J connectivity index is 2.23. The van der Waals surface area contributed by atoms with Crippen LogP contribution in [0.5, 0.6) is 0 Å². The average Bonchev–Trinajstić information content (AvgIpc) is 2.75. The molecule has 0 unspecified atom stereocenters. The molecule has 1 aliphatic rings. The van der Waals surface area contributed by atoms with Gasteiger partial charge in [0.05, 0.1) is 8.66 Å². The Morgan fingerprint density at radius 2 is 2.38 bits per heavy atom. The van der Waals surface area contributed by atoms with Gasteiger partial charge in [-0.3, -0.25) is 0 Å². The van der Waals surface area contributed by atoms with E-state index in [1.165, 1.54) is 28.6 Å². The molecule has 0 radical (unpaired) electrons. The van der Waals surface area contributed by atoms with Crippen molar-refractivity contribution in [3.05, 3.63) is 20.8 Å². The first kappa shape index (κ1) is 11.4. The Labute approximate surface area is 104 Å². The highest BCUT2D eigenvalue weighted by Crippen LogP contribution is 2.25. The maximum atomic E-state index is 10.9. The fraction of sp³-hybridized carbons (Fsp3) is 0.250. The number of hydrogen-bond acceptors (Lipinski definition) is 7. The van der Waals surface area contributed by atoms with Crippen molar-refractivity contribution in [2.45, 2.75) is 6.92 Å². The Morgan fingerprint density at radius 3 is 2.94 bits per heavy atom. The molecule has 2 heterocycles. The number of rotatable bonds is 2. The molecule has 0 aromatic carbocycles. The molecule has 8 heteroatoms. The highest BCUT2D eigenvalue weighted by molar-refractivity contribution is 9.11. The molecule has 0 amide bonds. The summed E-state index contributed by atoms with van der Waals surface area (Å²) in [6.45, 7) is 1.34. The third kappa shape index (κ3) is 2.18. The van der Waals surface area contributed by atoms with E-state index in [2.05, 4.69) is 26.6 Å².